The molecule has 0 saturated heterocycles. The topological polar surface area (TPSA) is 90.7 Å². The Balaban J connectivity index is 2.19. The van der Waals surface area contributed by atoms with Gasteiger partial charge < -0.3 is 19.1 Å². The average molecular weight is 354 g/mol. The molecular weight excluding hydrogens is 336 g/mol. The lowest BCUT2D eigenvalue weighted by atomic mass is 10.1. The maximum absolute atomic E-state index is 12.9. The van der Waals surface area contributed by atoms with Gasteiger partial charge in [0.2, 0.25) is 0 Å². The molecule has 0 unspecified atom stereocenters. The summed E-state index contributed by atoms with van der Waals surface area (Å²) in [5.41, 5.74) is 0.314. The van der Waals surface area contributed by atoms with Crippen LogP contribution in [0.2, 0.25) is 0 Å². The fraction of sp³-hybridized carbons (Fsp3) is 0.211. The number of hydrogen-bond donors (Lipinski definition) is 1. The van der Waals surface area contributed by atoms with Crippen LogP contribution in [-0.4, -0.2) is 34.3 Å². The van der Waals surface area contributed by atoms with Gasteiger partial charge in [0.1, 0.15) is 11.5 Å². The van der Waals surface area contributed by atoms with Gasteiger partial charge in [-0.15, -0.1) is 0 Å². The Morgan fingerprint density at radius 3 is 2.62 bits per heavy atom. The Morgan fingerprint density at radius 1 is 1.23 bits per heavy atom. The Morgan fingerprint density at radius 2 is 1.96 bits per heavy atom. The molecule has 1 aromatic carbocycles. The lowest BCUT2D eigenvalue weighted by molar-refractivity contribution is 0.0520. The van der Waals surface area contributed by atoms with E-state index in [2.05, 4.69) is 4.98 Å². The molecule has 26 heavy (non-hydrogen) atoms. The number of esters is 1. The van der Waals surface area contributed by atoms with E-state index >= 15 is 0 Å². The smallest absolute Gasteiger partial charge is 0.347 e. The zero-order chi connectivity index (χ0) is 18.7. The molecular formula is C19H18N2O5. The number of ether oxygens (including phenoxy) is 2. The zero-order valence-corrected chi connectivity index (χ0v) is 14.4. The summed E-state index contributed by atoms with van der Waals surface area (Å²) < 4.78 is 11.5. The first-order chi connectivity index (χ1) is 12.6. The largest absolute Gasteiger partial charge is 0.506 e. The van der Waals surface area contributed by atoms with Crippen LogP contribution in [0.3, 0.4) is 0 Å². The Kier molecular flexibility index (Phi) is 4.88. The van der Waals surface area contributed by atoms with Crippen molar-refractivity contribution in [2.45, 2.75) is 13.5 Å². The van der Waals surface area contributed by atoms with E-state index in [0.717, 1.165) is 5.56 Å². The van der Waals surface area contributed by atoms with Crippen LogP contribution in [0.15, 0.2) is 47.5 Å². The summed E-state index contributed by atoms with van der Waals surface area (Å²) in [4.78, 5) is 29.1. The molecule has 2 heterocycles. The SMILES string of the molecule is CCOC(=O)c1c(O)c2cnccc2n(Cc2ccc(OC)cc2)c1=O. The van der Waals surface area contributed by atoms with Gasteiger partial charge in [0.25, 0.3) is 5.56 Å². The van der Waals surface area contributed by atoms with E-state index in [1.807, 2.05) is 12.1 Å². The summed E-state index contributed by atoms with van der Waals surface area (Å²) in [5.74, 6) is -0.570. The molecule has 0 bridgehead atoms. The maximum atomic E-state index is 12.9. The molecule has 1 N–H and O–H groups in total. The molecule has 7 heteroatoms. The standard InChI is InChI=1S/C19H18N2O5/c1-3-26-19(24)16-17(22)14-10-20-9-8-15(14)21(18(16)23)11-12-4-6-13(25-2)7-5-12/h4-10,22H,3,11H2,1-2H3. The molecule has 0 aliphatic heterocycles. The first kappa shape index (κ1) is 17.5. The normalized spacial score (nSPS) is 10.7. The summed E-state index contributed by atoms with van der Waals surface area (Å²) >= 11 is 0. The van der Waals surface area contributed by atoms with Gasteiger partial charge in [-0.3, -0.25) is 9.78 Å². The number of carbonyl (C=O) groups excluding carboxylic acids is 1. The highest BCUT2D eigenvalue weighted by atomic mass is 16.5. The van der Waals surface area contributed by atoms with Gasteiger partial charge in [-0.1, -0.05) is 12.1 Å². The molecule has 3 rings (SSSR count). The van der Waals surface area contributed by atoms with Gasteiger partial charge >= 0.3 is 5.97 Å². The van der Waals surface area contributed by atoms with E-state index in [9.17, 15) is 14.7 Å². The van der Waals surface area contributed by atoms with Gasteiger partial charge in [-0.25, -0.2) is 4.79 Å². The van der Waals surface area contributed by atoms with Crippen LogP contribution in [0.5, 0.6) is 11.5 Å². The predicted molar refractivity (Wildman–Crippen MR) is 95.7 cm³/mol. The summed E-state index contributed by atoms with van der Waals surface area (Å²) in [7, 11) is 1.58. The second-order valence-corrected chi connectivity index (χ2v) is 5.58. The van der Waals surface area contributed by atoms with Crippen LogP contribution < -0.4 is 10.3 Å². The van der Waals surface area contributed by atoms with E-state index in [-0.39, 0.29) is 18.7 Å². The lowest BCUT2D eigenvalue weighted by Gasteiger charge is -2.14. The van der Waals surface area contributed by atoms with Gasteiger partial charge in [-0.05, 0) is 30.7 Å². The highest BCUT2D eigenvalue weighted by molar-refractivity contribution is 5.99. The van der Waals surface area contributed by atoms with Gasteiger partial charge in [-0.2, -0.15) is 0 Å². The summed E-state index contributed by atoms with van der Waals surface area (Å²) in [6.07, 6.45) is 2.94. The van der Waals surface area contributed by atoms with Gasteiger partial charge in [0.05, 0.1) is 31.2 Å². The maximum Gasteiger partial charge on any atom is 0.347 e. The van der Waals surface area contributed by atoms with E-state index < -0.39 is 17.3 Å². The van der Waals surface area contributed by atoms with Crippen molar-refractivity contribution in [2.24, 2.45) is 0 Å². The molecule has 0 amide bonds. The molecule has 134 valence electrons. The average Bonchev–Trinajstić information content (AvgIpc) is 2.66. The van der Waals surface area contributed by atoms with Gasteiger partial charge in [0, 0.05) is 12.4 Å². The zero-order valence-electron chi connectivity index (χ0n) is 14.4. The molecule has 0 aliphatic rings. The Labute approximate surface area is 149 Å². The van der Waals surface area contributed by atoms with E-state index in [1.165, 1.54) is 17.0 Å². The minimum atomic E-state index is -0.857. The van der Waals surface area contributed by atoms with Crippen molar-refractivity contribution in [3.63, 3.8) is 0 Å². The fourth-order valence-corrected chi connectivity index (χ4v) is 2.74. The van der Waals surface area contributed by atoms with Crippen LogP contribution in [0.25, 0.3) is 10.9 Å². The first-order valence-electron chi connectivity index (χ1n) is 8.06. The van der Waals surface area contributed by atoms with Crippen LogP contribution in [0, 0.1) is 0 Å². The number of benzene rings is 1. The number of carbonyl (C=O) groups is 1. The third-order valence-corrected chi connectivity index (χ3v) is 4.02. The van der Waals surface area contributed by atoms with E-state index in [4.69, 9.17) is 9.47 Å². The molecule has 3 aromatic rings. The predicted octanol–water partition coefficient (Wildman–Crippen LogP) is 2.34. The van der Waals surface area contributed by atoms with E-state index in [1.54, 1.807) is 32.2 Å². The van der Waals surface area contributed by atoms with Crippen molar-refractivity contribution < 1.29 is 19.4 Å². The number of fused-ring (bicyclic) bond motifs is 1. The molecule has 0 fully saturated rings. The van der Waals surface area contributed by atoms with Crippen LogP contribution in [0.4, 0.5) is 0 Å². The second-order valence-electron chi connectivity index (χ2n) is 5.58. The van der Waals surface area contributed by atoms with Crippen molar-refractivity contribution in [3.05, 3.63) is 64.2 Å². The molecule has 0 saturated carbocycles. The van der Waals surface area contributed by atoms with Crippen molar-refractivity contribution in [3.8, 4) is 11.5 Å². The third-order valence-electron chi connectivity index (χ3n) is 4.02. The lowest BCUT2D eigenvalue weighted by Crippen LogP contribution is -2.28. The summed E-state index contributed by atoms with van der Waals surface area (Å²) in [6.45, 7) is 1.95. The Hall–Kier alpha value is -3.35. The molecule has 0 aliphatic carbocycles. The Bertz CT molecular complexity index is 1010. The molecule has 0 atom stereocenters. The van der Waals surface area contributed by atoms with Crippen LogP contribution >= 0.6 is 0 Å². The summed E-state index contributed by atoms with van der Waals surface area (Å²) in [5, 5.41) is 10.7. The quantitative estimate of drug-likeness (QED) is 0.707. The number of rotatable bonds is 5. The molecule has 0 radical (unpaired) electrons. The number of nitrogens with zero attached hydrogens (tertiary/aromatic N) is 2. The number of methoxy groups -OCH3 is 1. The highest BCUT2D eigenvalue weighted by Crippen LogP contribution is 2.26. The monoisotopic (exact) mass is 354 g/mol. The molecule has 7 nitrogen and oxygen atoms in total. The van der Waals surface area contributed by atoms with Crippen molar-refractivity contribution in [1.82, 2.24) is 9.55 Å². The van der Waals surface area contributed by atoms with E-state index in [0.29, 0.717) is 16.7 Å². The summed E-state index contributed by atoms with van der Waals surface area (Å²) in [6, 6.07) is 8.85. The minimum absolute atomic E-state index is 0.0985. The van der Waals surface area contributed by atoms with Crippen molar-refractivity contribution >= 4 is 16.9 Å². The van der Waals surface area contributed by atoms with Crippen molar-refractivity contribution in [2.75, 3.05) is 13.7 Å². The number of hydrogen-bond acceptors (Lipinski definition) is 6. The minimum Gasteiger partial charge on any atom is -0.506 e. The second kappa shape index (κ2) is 7.26. The van der Waals surface area contributed by atoms with Gasteiger partial charge in [0.15, 0.2) is 5.56 Å². The van der Waals surface area contributed by atoms with Crippen LogP contribution in [0.1, 0.15) is 22.8 Å². The number of pyridine rings is 2. The number of aromatic hydroxyl groups is 1. The molecule has 2 aromatic heterocycles. The van der Waals surface area contributed by atoms with Crippen molar-refractivity contribution in [1.29, 1.82) is 0 Å². The van der Waals surface area contributed by atoms with Crippen LogP contribution in [-0.2, 0) is 11.3 Å². The first-order valence-corrected chi connectivity index (χ1v) is 8.06. The fourth-order valence-electron chi connectivity index (χ4n) is 2.74. The third kappa shape index (κ3) is 3.11. The molecule has 0 spiro atoms. The highest BCUT2D eigenvalue weighted by Gasteiger charge is 2.23. The number of aromatic nitrogens is 2.